The van der Waals surface area contributed by atoms with E-state index in [0.29, 0.717) is 5.95 Å². The van der Waals surface area contributed by atoms with Gasteiger partial charge < -0.3 is 10.4 Å². The van der Waals surface area contributed by atoms with Crippen molar-refractivity contribution in [1.29, 1.82) is 0 Å². The summed E-state index contributed by atoms with van der Waals surface area (Å²) in [6.45, 7) is 0. The van der Waals surface area contributed by atoms with Gasteiger partial charge in [0.05, 0.1) is 17.7 Å². The average molecular weight is 257 g/mol. The summed E-state index contributed by atoms with van der Waals surface area (Å²) in [5, 5.41) is 14.4. The van der Waals surface area contributed by atoms with Crippen LogP contribution in [0.5, 0.6) is 0 Å². The Morgan fingerprint density at radius 2 is 1.95 bits per heavy atom. The van der Waals surface area contributed by atoms with Crippen molar-refractivity contribution in [2.75, 3.05) is 5.32 Å². The number of fused-ring (bicyclic) bond motifs is 1. The predicted molar refractivity (Wildman–Crippen MR) is 76.0 cm³/mol. The van der Waals surface area contributed by atoms with Gasteiger partial charge in [-0.25, -0.2) is 9.97 Å². The zero-order chi connectivity index (χ0) is 13.1. The number of para-hydroxylation sites is 1. The van der Waals surface area contributed by atoms with Gasteiger partial charge in [-0.1, -0.05) is 37.5 Å². The number of hydrogen-bond acceptors (Lipinski definition) is 4. The molecule has 1 fully saturated rings. The molecule has 100 valence electrons. The topological polar surface area (TPSA) is 58.0 Å². The summed E-state index contributed by atoms with van der Waals surface area (Å²) >= 11 is 0. The number of nitrogens with zero attached hydrogens (tertiary/aromatic N) is 2. The van der Waals surface area contributed by atoms with Gasteiger partial charge in [0.2, 0.25) is 5.95 Å². The van der Waals surface area contributed by atoms with Crippen LogP contribution in [0.1, 0.15) is 32.1 Å². The van der Waals surface area contributed by atoms with Crippen LogP contribution in [-0.4, -0.2) is 27.2 Å². The van der Waals surface area contributed by atoms with E-state index in [1.54, 1.807) is 0 Å². The highest BCUT2D eigenvalue weighted by molar-refractivity contribution is 5.78. The molecule has 3 rings (SSSR count). The number of hydrogen-bond donors (Lipinski definition) is 2. The molecule has 2 N–H and O–H groups in total. The van der Waals surface area contributed by atoms with Crippen molar-refractivity contribution >= 4 is 16.9 Å². The summed E-state index contributed by atoms with van der Waals surface area (Å²) in [5.74, 6) is 0.615. The summed E-state index contributed by atoms with van der Waals surface area (Å²) in [7, 11) is 0. The Kier molecular flexibility index (Phi) is 3.60. The molecule has 4 heteroatoms. The van der Waals surface area contributed by atoms with Crippen LogP contribution in [0.15, 0.2) is 30.5 Å². The number of aliphatic hydroxyl groups excluding tert-OH is 1. The second-order valence-corrected chi connectivity index (χ2v) is 5.21. The van der Waals surface area contributed by atoms with Crippen LogP contribution >= 0.6 is 0 Å². The van der Waals surface area contributed by atoms with Crippen LogP contribution in [0.3, 0.4) is 0 Å². The quantitative estimate of drug-likeness (QED) is 0.812. The molecule has 19 heavy (non-hydrogen) atoms. The molecule has 0 amide bonds. The molecular formula is C15H19N3O. The first-order chi connectivity index (χ1) is 9.33. The number of anilines is 1. The first-order valence-electron chi connectivity index (χ1n) is 6.99. The summed E-state index contributed by atoms with van der Waals surface area (Å²) < 4.78 is 0. The lowest BCUT2D eigenvalue weighted by molar-refractivity contribution is 0.144. The fourth-order valence-electron chi connectivity index (χ4n) is 2.66. The second-order valence-electron chi connectivity index (χ2n) is 5.21. The van der Waals surface area contributed by atoms with Gasteiger partial charge >= 0.3 is 0 Å². The highest BCUT2D eigenvalue weighted by atomic mass is 16.3. The molecule has 1 heterocycles. The molecule has 0 spiro atoms. The van der Waals surface area contributed by atoms with Crippen LogP contribution in [-0.2, 0) is 0 Å². The third-order valence-electron chi connectivity index (χ3n) is 3.78. The fraction of sp³-hybridized carbons (Fsp3) is 0.467. The van der Waals surface area contributed by atoms with Crippen LogP contribution in [0, 0.1) is 0 Å². The van der Waals surface area contributed by atoms with Crippen molar-refractivity contribution < 1.29 is 5.11 Å². The third-order valence-corrected chi connectivity index (χ3v) is 3.78. The van der Waals surface area contributed by atoms with Gasteiger partial charge in [0.1, 0.15) is 0 Å². The maximum atomic E-state index is 10.1. The minimum atomic E-state index is -0.294. The second kappa shape index (κ2) is 5.53. The fourth-order valence-corrected chi connectivity index (χ4v) is 2.66. The molecule has 0 saturated heterocycles. The van der Waals surface area contributed by atoms with Crippen LogP contribution in [0.2, 0.25) is 0 Å². The molecule has 0 aliphatic heterocycles. The molecule has 1 aliphatic carbocycles. The predicted octanol–water partition coefficient (Wildman–Crippen LogP) is 2.74. The maximum absolute atomic E-state index is 10.1. The van der Waals surface area contributed by atoms with Gasteiger partial charge in [0, 0.05) is 11.6 Å². The van der Waals surface area contributed by atoms with E-state index in [-0.39, 0.29) is 12.1 Å². The standard InChI is InChI=1S/C15H19N3O/c19-14-9-3-1-2-8-13(14)18-15-16-10-11-6-4-5-7-12(11)17-15/h4-7,10,13-14,19H,1-3,8-9H2,(H,16,17,18). The van der Waals surface area contributed by atoms with Crippen molar-refractivity contribution in [2.45, 2.75) is 44.2 Å². The Morgan fingerprint density at radius 3 is 2.89 bits per heavy atom. The maximum Gasteiger partial charge on any atom is 0.223 e. The molecule has 1 aromatic heterocycles. The number of aromatic nitrogens is 2. The van der Waals surface area contributed by atoms with Crippen molar-refractivity contribution in [2.24, 2.45) is 0 Å². The number of aliphatic hydroxyl groups is 1. The minimum absolute atomic E-state index is 0.0728. The first-order valence-corrected chi connectivity index (χ1v) is 6.99. The first kappa shape index (κ1) is 12.4. The lowest BCUT2D eigenvalue weighted by Gasteiger charge is -2.21. The molecule has 1 aliphatic rings. The normalized spacial score (nSPS) is 24.1. The summed E-state index contributed by atoms with van der Waals surface area (Å²) in [5.41, 5.74) is 0.933. The molecule has 2 aromatic rings. The van der Waals surface area contributed by atoms with Crippen molar-refractivity contribution in [3.63, 3.8) is 0 Å². The highest BCUT2D eigenvalue weighted by Gasteiger charge is 2.22. The zero-order valence-corrected chi connectivity index (χ0v) is 10.9. The minimum Gasteiger partial charge on any atom is -0.391 e. The van der Waals surface area contributed by atoms with E-state index in [9.17, 15) is 5.11 Å². The Labute approximate surface area is 112 Å². The van der Waals surface area contributed by atoms with E-state index in [0.717, 1.165) is 36.6 Å². The molecule has 1 saturated carbocycles. The van der Waals surface area contributed by atoms with Gasteiger partial charge in [0.15, 0.2) is 0 Å². The zero-order valence-electron chi connectivity index (χ0n) is 10.9. The van der Waals surface area contributed by atoms with E-state index in [2.05, 4.69) is 15.3 Å². The Hall–Kier alpha value is -1.68. The molecule has 4 nitrogen and oxygen atoms in total. The SMILES string of the molecule is OC1CCCCCC1Nc1ncc2ccccc2n1. The third kappa shape index (κ3) is 2.84. The van der Waals surface area contributed by atoms with E-state index in [1.165, 1.54) is 6.42 Å². The Balaban J connectivity index is 1.80. The molecule has 2 atom stereocenters. The molecule has 0 bridgehead atoms. The van der Waals surface area contributed by atoms with Crippen molar-refractivity contribution in [3.05, 3.63) is 30.5 Å². The van der Waals surface area contributed by atoms with Crippen LogP contribution < -0.4 is 5.32 Å². The van der Waals surface area contributed by atoms with Crippen molar-refractivity contribution in [3.8, 4) is 0 Å². The lowest BCUT2D eigenvalue weighted by atomic mass is 10.1. The number of rotatable bonds is 2. The number of benzene rings is 1. The molecule has 0 radical (unpaired) electrons. The van der Waals surface area contributed by atoms with Crippen LogP contribution in [0.4, 0.5) is 5.95 Å². The van der Waals surface area contributed by atoms with E-state index < -0.39 is 0 Å². The van der Waals surface area contributed by atoms with Gasteiger partial charge in [-0.15, -0.1) is 0 Å². The van der Waals surface area contributed by atoms with E-state index >= 15 is 0 Å². The largest absolute Gasteiger partial charge is 0.391 e. The highest BCUT2D eigenvalue weighted by Crippen LogP contribution is 2.21. The van der Waals surface area contributed by atoms with Gasteiger partial charge in [-0.2, -0.15) is 0 Å². The summed E-state index contributed by atoms with van der Waals surface area (Å²) in [6, 6.07) is 8.00. The molecule has 2 unspecified atom stereocenters. The smallest absolute Gasteiger partial charge is 0.223 e. The summed E-state index contributed by atoms with van der Waals surface area (Å²) in [4.78, 5) is 8.83. The van der Waals surface area contributed by atoms with Gasteiger partial charge in [-0.3, -0.25) is 0 Å². The number of nitrogens with one attached hydrogen (secondary N) is 1. The van der Waals surface area contributed by atoms with E-state index in [4.69, 9.17) is 0 Å². The van der Waals surface area contributed by atoms with Crippen molar-refractivity contribution in [1.82, 2.24) is 9.97 Å². The van der Waals surface area contributed by atoms with Crippen LogP contribution in [0.25, 0.3) is 10.9 Å². The lowest BCUT2D eigenvalue weighted by Crippen LogP contribution is -2.33. The Bertz CT molecular complexity index is 558. The Morgan fingerprint density at radius 1 is 1.11 bits per heavy atom. The summed E-state index contributed by atoms with van der Waals surface area (Å²) in [6.07, 6.45) is 6.85. The average Bonchev–Trinajstić information content (AvgIpc) is 2.64. The van der Waals surface area contributed by atoms with Gasteiger partial charge in [0.25, 0.3) is 0 Å². The van der Waals surface area contributed by atoms with E-state index in [1.807, 2.05) is 30.5 Å². The molecule has 1 aromatic carbocycles. The molecular weight excluding hydrogens is 238 g/mol. The monoisotopic (exact) mass is 257 g/mol. The van der Waals surface area contributed by atoms with Gasteiger partial charge in [-0.05, 0) is 18.9 Å².